The Morgan fingerprint density at radius 3 is 2.50 bits per heavy atom. The van der Waals surface area contributed by atoms with Crippen LogP contribution in [0, 0.1) is 11.8 Å². The number of ether oxygens (including phenoxy) is 2. The molecule has 12 heteroatoms. The molecule has 2 heterocycles. The molecule has 0 bridgehead atoms. The highest BCUT2D eigenvalue weighted by Gasteiger charge is 2.31. The van der Waals surface area contributed by atoms with E-state index in [0.717, 1.165) is 63.9 Å². The van der Waals surface area contributed by atoms with Gasteiger partial charge in [-0.2, -0.15) is 13.2 Å². The minimum Gasteiger partial charge on any atom is -0.479 e. The molecule has 0 atom stereocenters. The summed E-state index contributed by atoms with van der Waals surface area (Å²) in [6.45, 7) is 2.17. The van der Waals surface area contributed by atoms with Gasteiger partial charge in [0.1, 0.15) is 18.9 Å². The minimum absolute atomic E-state index is 0.0599. The van der Waals surface area contributed by atoms with E-state index in [0.29, 0.717) is 16.9 Å². The first-order valence-corrected chi connectivity index (χ1v) is 15.9. The summed E-state index contributed by atoms with van der Waals surface area (Å²) in [7, 11) is -3.43. The number of hydrogen-bond acceptors (Lipinski definition) is 7. The summed E-state index contributed by atoms with van der Waals surface area (Å²) in [5.74, 6) is 5.85. The van der Waals surface area contributed by atoms with E-state index in [1.807, 2.05) is 6.07 Å². The third-order valence-corrected chi connectivity index (χ3v) is 8.94. The fourth-order valence-corrected chi connectivity index (χ4v) is 6.40. The van der Waals surface area contributed by atoms with Gasteiger partial charge in [-0.25, -0.2) is 8.42 Å². The van der Waals surface area contributed by atoms with Gasteiger partial charge in [0.05, 0.1) is 35.0 Å². The standard InChI is InChI=1S/C30H35F3N4O4S/c1-42(38,39)24-11-12-29(26(34)19-24)41-15-3-4-23-18-25-27(5-2-6-28(25)37(23)20-30(31,32)33)35-21-7-9-22(10-8-21)36-13-16-40-17-14-36/h2,5-6,11-12,18-19,21-22,35H,7-10,13-17,20,34H2,1H3/t21-,22-. The van der Waals surface area contributed by atoms with Crippen LogP contribution in [0.2, 0.25) is 0 Å². The zero-order valence-corrected chi connectivity index (χ0v) is 24.2. The highest BCUT2D eigenvalue weighted by molar-refractivity contribution is 7.90. The second kappa shape index (κ2) is 12.5. The lowest BCUT2D eigenvalue weighted by atomic mass is 9.89. The van der Waals surface area contributed by atoms with Gasteiger partial charge in [0.15, 0.2) is 9.84 Å². The number of hydrogen-bond donors (Lipinski definition) is 2. The fraction of sp³-hybridized carbons (Fsp3) is 0.467. The number of halogens is 3. The number of sulfone groups is 1. The van der Waals surface area contributed by atoms with Crippen molar-refractivity contribution in [3.63, 3.8) is 0 Å². The highest BCUT2D eigenvalue weighted by Crippen LogP contribution is 2.33. The Morgan fingerprint density at radius 1 is 1.10 bits per heavy atom. The molecule has 3 aromatic rings. The van der Waals surface area contributed by atoms with E-state index in [1.165, 1.54) is 22.8 Å². The number of alkyl halides is 3. The summed E-state index contributed by atoms with van der Waals surface area (Å²) in [6, 6.07) is 11.9. The van der Waals surface area contributed by atoms with Gasteiger partial charge in [-0.3, -0.25) is 4.90 Å². The van der Waals surface area contributed by atoms with Crippen molar-refractivity contribution in [2.75, 3.05) is 50.2 Å². The number of aromatic nitrogens is 1. The van der Waals surface area contributed by atoms with Crippen LogP contribution >= 0.6 is 0 Å². The number of fused-ring (bicyclic) bond motifs is 1. The summed E-state index contributed by atoms with van der Waals surface area (Å²) >= 11 is 0. The van der Waals surface area contributed by atoms with Gasteiger partial charge >= 0.3 is 6.18 Å². The Bertz CT molecular complexity index is 1580. The number of benzene rings is 2. The van der Waals surface area contributed by atoms with E-state index in [1.54, 1.807) is 18.2 Å². The summed E-state index contributed by atoms with van der Waals surface area (Å²) in [5.41, 5.74) is 7.50. The van der Waals surface area contributed by atoms with Crippen LogP contribution in [0.15, 0.2) is 47.4 Å². The molecule has 8 nitrogen and oxygen atoms in total. The maximum atomic E-state index is 13.6. The maximum absolute atomic E-state index is 13.6. The van der Waals surface area contributed by atoms with Gasteiger partial charge in [0.2, 0.25) is 0 Å². The Labute approximate surface area is 243 Å². The third-order valence-electron chi connectivity index (χ3n) is 7.83. The average molecular weight is 605 g/mol. The van der Waals surface area contributed by atoms with Crippen LogP contribution in [-0.2, 0) is 21.1 Å². The van der Waals surface area contributed by atoms with E-state index in [9.17, 15) is 21.6 Å². The van der Waals surface area contributed by atoms with Gasteiger partial charge in [0, 0.05) is 42.5 Å². The van der Waals surface area contributed by atoms with E-state index in [2.05, 4.69) is 22.1 Å². The Morgan fingerprint density at radius 2 is 1.83 bits per heavy atom. The molecule has 5 rings (SSSR count). The van der Waals surface area contributed by atoms with Crippen molar-refractivity contribution < 1.29 is 31.1 Å². The molecule has 1 aromatic heterocycles. The number of nitrogens with one attached hydrogen (secondary N) is 1. The molecule has 2 aliphatic rings. The molecule has 0 spiro atoms. The largest absolute Gasteiger partial charge is 0.479 e. The summed E-state index contributed by atoms with van der Waals surface area (Å²) in [6.07, 6.45) is 0.754. The first kappa shape index (κ1) is 30.1. The predicted molar refractivity (Wildman–Crippen MR) is 156 cm³/mol. The molecule has 1 aliphatic heterocycles. The summed E-state index contributed by atoms with van der Waals surface area (Å²) < 4.78 is 76.4. The quantitative estimate of drug-likeness (QED) is 0.299. The first-order valence-electron chi connectivity index (χ1n) is 14.0. The summed E-state index contributed by atoms with van der Waals surface area (Å²) in [4.78, 5) is 2.57. The highest BCUT2D eigenvalue weighted by atomic mass is 32.2. The topological polar surface area (TPSA) is 98.8 Å². The number of rotatable bonds is 7. The van der Waals surface area contributed by atoms with Crippen molar-refractivity contribution in [1.29, 1.82) is 0 Å². The first-order chi connectivity index (χ1) is 20.0. The Kier molecular flexibility index (Phi) is 8.92. The lowest BCUT2D eigenvalue weighted by Crippen LogP contribution is -2.46. The van der Waals surface area contributed by atoms with E-state index in [-0.39, 0.29) is 34.7 Å². The van der Waals surface area contributed by atoms with Crippen LogP contribution in [0.3, 0.4) is 0 Å². The lowest BCUT2D eigenvalue weighted by molar-refractivity contribution is -0.140. The molecule has 1 saturated heterocycles. The number of nitrogens with zero attached hydrogens (tertiary/aromatic N) is 2. The van der Waals surface area contributed by atoms with Crippen LogP contribution in [0.4, 0.5) is 24.5 Å². The van der Waals surface area contributed by atoms with Crippen LogP contribution in [0.5, 0.6) is 5.75 Å². The lowest BCUT2D eigenvalue weighted by Gasteiger charge is -2.39. The molecule has 2 aromatic carbocycles. The van der Waals surface area contributed by atoms with Crippen molar-refractivity contribution >= 4 is 32.1 Å². The van der Waals surface area contributed by atoms with Gasteiger partial charge in [-0.15, -0.1) is 0 Å². The van der Waals surface area contributed by atoms with Crippen LogP contribution in [0.1, 0.15) is 31.4 Å². The smallest absolute Gasteiger partial charge is 0.406 e. The summed E-state index contributed by atoms with van der Waals surface area (Å²) in [5, 5.41) is 4.28. The molecular weight excluding hydrogens is 569 g/mol. The number of morpholine rings is 1. The normalized spacial score (nSPS) is 20.2. The SMILES string of the molecule is CS(=O)(=O)c1ccc(OCC#Cc2cc3c(N[C@H]4CC[C@H](N5CCOCC5)CC4)cccc3n2CC(F)(F)F)c(N)c1. The molecule has 0 amide bonds. The Hall–Kier alpha value is -3.40. The molecule has 226 valence electrons. The van der Waals surface area contributed by atoms with Crippen LogP contribution in [0.25, 0.3) is 10.9 Å². The molecular formula is C30H35F3N4O4S. The van der Waals surface area contributed by atoms with Crippen LogP contribution in [-0.4, -0.2) is 75.3 Å². The van der Waals surface area contributed by atoms with Crippen molar-refractivity contribution in [2.45, 2.75) is 55.4 Å². The molecule has 0 radical (unpaired) electrons. The zero-order valence-electron chi connectivity index (χ0n) is 23.4. The number of nitrogen functional groups attached to an aromatic ring is 1. The van der Waals surface area contributed by atoms with Crippen molar-refractivity contribution in [3.8, 4) is 17.6 Å². The number of nitrogens with two attached hydrogens (primary N) is 1. The van der Waals surface area contributed by atoms with Crippen molar-refractivity contribution in [1.82, 2.24) is 9.47 Å². The molecule has 42 heavy (non-hydrogen) atoms. The van der Waals surface area contributed by atoms with Gasteiger partial charge in [0.25, 0.3) is 0 Å². The van der Waals surface area contributed by atoms with Gasteiger partial charge < -0.3 is 25.1 Å². The Balaban J connectivity index is 1.32. The minimum atomic E-state index is -4.43. The number of anilines is 2. The van der Waals surface area contributed by atoms with E-state index < -0.39 is 22.6 Å². The second-order valence-corrected chi connectivity index (χ2v) is 12.8. The maximum Gasteiger partial charge on any atom is 0.406 e. The van der Waals surface area contributed by atoms with Gasteiger partial charge in [-0.05, 0) is 68.0 Å². The third kappa shape index (κ3) is 7.32. The zero-order chi connectivity index (χ0) is 29.9. The average Bonchev–Trinajstić information content (AvgIpc) is 3.28. The monoisotopic (exact) mass is 604 g/mol. The predicted octanol–water partition coefficient (Wildman–Crippen LogP) is 4.68. The van der Waals surface area contributed by atoms with Gasteiger partial charge in [-0.1, -0.05) is 12.0 Å². The molecule has 2 fully saturated rings. The molecule has 1 aliphatic carbocycles. The van der Waals surface area contributed by atoms with E-state index >= 15 is 0 Å². The van der Waals surface area contributed by atoms with Crippen molar-refractivity contribution in [2.24, 2.45) is 0 Å². The fourth-order valence-electron chi connectivity index (χ4n) is 5.74. The van der Waals surface area contributed by atoms with Crippen LogP contribution < -0.4 is 15.8 Å². The van der Waals surface area contributed by atoms with E-state index in [4.69, 9.17) is 15.2 Å². The second-order valence-electron chi connectivity index (χ2n) is 10.8. The molecule has 1 saturated carbocycles. The molecule has 3 N–H and O–H groups in total. The molecule has 0 unspecified atom stereocenters. The van der Waals surface area contributed by atoms with Crippen molar-refractivity contribution in [3.05, 3.63) is 48.2 Å².